The van der Waals surface area contributed by atoms with E-state index in [1.807, 2.05) is 11.8 Å². The normalized spacial score (nSPS) is 24.5. The van der Waals surface area contributed by atoms with Crippen LogP contribution in [0, 0.1) is 0 Å². The molecule has 0 amide bonds. The van der Waals surface area contributed by atoms with Crippen molar-refractivity contribution in [1.29, 1.82) is 0 Å². The van der Waals surface area contributed by atoms with Crippen molar-refractivity contribution in [2.75, 3.05) is 25.1 Å². The fraction of sp³-hybridized carbons (Fsp3) is 0.667. The third kappa shape index (κ3) is 3.23. The van der Waals surface area contributed by atoms with Crippen LogP contribution < -0.4 is 0 Å². The van der Waals surface area contributed by atoms with E-state index in [1.165, 1.54) is 10.6 Å². The molecule has 0 bridgehead atoms. The lowest BCUT2D eigenvalue weighted by Gasteiger charge is -2.35. The van der Waals surface area contributed by atoms with Crippen molar-refractivity contribution in [1.82, 2.24) is 4.90 Å². The number of rotatable bonds is 4. The molecule has 2 rings (SSSR count). The quantitative estimate of drug-likeness (QED) is 0.893. The molecule has 4 heteroatoms. The zero-order chi connectivity index (χ0) is 11.4. The first-order chi connectivity index (χ1) is 7.77. The Morgan fingerprint density at radius 2 is 2.50 bits per heavy atom. The van der Waals surface area contributed by atoms with Gasteiger partial charge in [0.25, 0.3) is 0 Å². The van der Waals surface area contributed by atoms with Gasteiger partial charge < -0.3 is 5.11 Å². The topological polar surface area (TPSA) is 23.5 Å². The SMILES string of the molecule is CN1CCSCC1C(O)CCc1cccs1. The molecule has 0 spiro atoms. The number of hydrogen-bond donors (Lipinski definition) is 1. The summed E-state index contributed by atoms with van der Waals surface area (Å²) in [7, 11) is 2.12. The Kier molecular flexibility index (Phi) is 4.70. The summed E-state index contributed by atoms with van der Waals surface area (Å²) < 4.78 is 0. The lowest BCUT2D eigenvalue weighted by Crippen LogP contribution is -2.47. The fourth-order valence-corrected chi connectivity index (χ4v) is 4.07. The maximum atomic E-state index is 10.2. The van der Waals surface area contributed by atoms with Gasteiger partial charge in [-0.15, -0.1) is 11.3 Å². The van der Waals surface area contributed by atoms with E-state index in [0.29, 0.717) is 6.04 Å². The number of aliphatic hydroxyl groups excluding tert-OH is 1. The second-order valence-corrected chi connectivity index (χ2v) is 6.49. The summed E-state index contributed by atoms with van der Waals surface area (Å²) in [5.74, 6) is 2.27. The molecule has 0 aliphatic carbocycles. The highest BCUT2D eigenvalue weighted by Crippen LogP contribution is 2.20. The van der Waals surface area contributed by atoms with Crippen LogP contribution in [0.4, 0.5) is 0 Å². The molecular formula is C12H19NOS2. The zero-order valence-corrected chi connectivity index (χ0v) is 11.3. The van der Waals surface area contributed by atoms with E-state index in [1.54, 1.807) is 11.3 Å². The lowest BCUT2D eigenvalue weighted by atomic mass is 10.1. The van der Waals surface area contributed by atoms with Crippen LogP contribution >= 0.6 is 23.1 Å². The Labute approximate surface area is 106 Å². The molecule has 1 aromatic rings. The van der Waals surface area contributed by atoms with E-state index in [0.717, 1.165) is 25.1 Å². The molecule has 2 atom stereocenters. The van der Waals surface area contributed by atoms with E-state index in [-0.39, 0.29) is 6.10 Å². The van der Waals surface area contributed by atoms with Crippen LogP contribution in [-0.2, 0) is 6.42 Å². The van der Waals surface area contributed by atoms with E-state index in [9.17, 15) is 5.11 Å². The number of likely N-dealkylation sites (N-methyl/N-ethyl adjacent to an activating group) is 1. The van der Waals surface area contributed by atoms with Gasteiger partial charge in [-0.05, 0) is 31.3 Å². The molecular weight excluding hydrogens is 238 g/mol. The van der Waals surface area contributed by atoms with Crippen LogP contribution in [0.25, 0.3) is 0 Å². The largest absolute Gasteiger partial charge is 0.391 e. The average Bonchev–Trinajstić information content (AvgIpc) is 2.79. The number of nitrogens with zero attached hydrogens (tertiary/aromatic N) is 1. The highest BCUT2D eigenvalue weighted by atomic mass is 32.2. The van der Waals surface area contributed by atoms with Gasteiger partial charge in [0, 0.05) is 29.0 Å². The summed E-state index contributed by atoms with van der Waals surface area (Å²) in [5.41, 5.74) is 0. The van der Waals surface area contributed by atoms with Crippen molar-refractivity contribution >= 4 is 23.1 Å². The van der Waals surface area contributed by atoms with Crippen LogP contribution in [0.5, 0.6) is 0 Å². The molecule has 90 valence electrons. The summed E-state index contributed by atoms with van der Waals surface area (Å²) in [6.07, 6.45) is 1.71. The van der Waals surface area contributed by atoms with Gasteiger partial charge in [0.1, 0.15) is 0 Å². The Bertz CT molecular complexity index is 302. The van der Waals surface area contributed by atoms with Crippen molar-refractivity contribution < 1.29 is 5.11 Å². The average molecular weight is 257 g/mol. The summed E-state index contributed by atoms with van der Waals surface area (Å²) in [5, 5.41) is 12.3. The summed E-state index contributed by atoms with van der Waals surface area (Å²) in [4.78, 5) is 3.68. The van der Waals surface area contributed by atoms with Crippen molar-refractivity contribution in [2.24, 2.45) is 0 Å². The van der Waals surface area contributed by atoms with Gasteiger partial charge in [-0.1, -0.05) is 6.07 Å². The van der Waals surface area contributed by atoms with Crippen molar-refractivity contribution in [3.8, 4) is 0 Å². The highest BCUT2D eigenvalue weighted by molar-refractivity contribution is 7.99. The third-order valence-electron chi connectivity index (χ3n) is 3.15. The molecule has 0 saturated carbocycles. The maximum Gasteiger partial charge on any atom is 0.0706 e. The van der Waals surface area contributed by atoms with Crippen LogP contribution in [0.2, 0.25) is 0 Å². The smallest absolute Gasteiger partial charge is 0.0706 e. The minimum absolute atomic E-state index is 0.181. The molecule has 2 heterocycles. The van der Waals surface area contributed by atoms with Gasteiger partial charge in [-0.2, -0.15) is 11.8 Å². The molecule has 2 nitrogen and oxygen atoms in total. The monoisotopic (exact) mass is 257 g/mol. The predicted molar refractivity (Wildman–Crippen MR) is 72.4 cm³/mol. The molecule has 1 fully saturated rings. The first-order valence-corrected chi connectivity index (χ1v) is 7.79. The van der Waals surface area contributed by atoms with E-state index in [4.69, 9.17) is 0 Å². The van der Waals surface area contributed by atoms with Crippen molar-refractivity contribution in [3.63, 3.8) is 0 Å². The standard InChI is InChI=1S/C12H19NOS2/c1-13-6-8-15-9-11(13)12(14)5-4-10-3-2-7-16-10/h2-3,7,11-12,14H,4-6,8-9H2,1H3. The first-order valence-electron chi connectivity index (χ1n) is 5.76. The molecule has 1 aliphatic rings. The zero-order valence-electron chi connectivity index (χ0n) is 9.63. The number of thiophene rings is 1. The predicted octanol–water partition coefficient (Wildman–Crippen LogP) is 2.09. The van der Waals surface area contributed by atoms with Crippen molar-refractivity contribution in [3.05, 3.63) is 22.4 Å². The molecule has 1 N–H and O–H groups in total. The maximum absolute atomic E-state index is 10.2. The molecule has 1 aromatic heterocycles. The van der Waals surface area contributed by atoms with Gasteiger partial charge in [-0.3, -0.25) is 4.90 Å². The van der Waals surface area contributed by atoms with Gasteiger partial charge in [-0.25, -0.2) is 0 Å². The van der Waals surface area contributed by atoms with Gasteiger partial charge in [0.2, 0.25) is 0 Å². The second-order valence-electron chi connectivity index (χ2n) is 4.31. The minimum Gasteiger partial charge on any atom is -0.391 e. The fourth-order valence-electron chi connectivity index (χ4n) is 2.05. The Balaban J connectivity index is 1.80. The summed E-state index contributed by atoms with van der Waals surface area (Å²) in [6, 6.07) is 4.57. The molecule has 16 heavy (non-hydrogen) atoms. The second kappa shape index (κ2) is 6.05. The molecule has 2 unspecified atom stereocenters. The first kappa shape index (κ1) is 12.4. The van der Waals surface area contributed by atoms with Gasteiger partial charge in [0.15, 0.2) is 0 Å². The Morgan fingerprint density at radius 3 is 3.19 bits per heavy atom. The van der Waals surface area contributed by atoms with Crippen molar-refractivity contribution in [2.45, 2.75) is 25.0 Å². The molecule has 0 aromatic carbocycles. The van der Waals surface area contributed by atoms with E-state index in [2.05, 4.69) is 29.5 Å². The van der Waals surface area contributed by atoms with Gasteiger partial charge in [0.05, 0.1) is 6.10 Å². The Hall–Kier alpha value is -0.0300. The number of aryl methyl sites for hydroxylation is 1. The van der Waals surface area contributed by atoms with Crippen LogP contribution in [0.1, 0.15) is 11.3 Å². The molecule has 1 saturated heterocycles. The lowest BCUT2D eigenvalue weighted by molar-refractivity contribution is 0.0699. The Morgan fingerprint density at radius 1 is 1.62 bits per heavy atom. The van der Waals surface area contributed by atoms with E-state index >= 15 is 0 Å². The van der Waals surface area contributed by atoms with E-state index < -0.39 is 0 Å². The number of hydrogen-bond acceptors (Lipinski definition) is 4. The summed E-state index contributed by atoms with van der Waals surface area (Å²) >= 11 is 3.74. The highest BCUT2D eigenvalue weighted by Gasteiger charge is 2.26. The van der Waals surface area contributed by atoms with Crippen LogP contribution in [-0.4, -0.2) is 47.3 Å². The van der Waals surface area contributed by atoms with Gasteiger partial charge >= 0.3 is 0 Å². The molecule has 1 aliphatic heterocycles. The third-order valence-corrected chi connectivity index (χ3v) is 5.14. The number of aliphatic hydroxyl groups is 1. The molecule has 0 radical (unpaired) electrons. The number of thioether (sulfide) groups is 1. The van der Waals surface area contributed by atoms with Crippen LogP contribution in [0.3, 0.4) is 0 Å². The summed E-state index contributed by atoms with van der Waals surface area (Å²) in [6.45, 7) is 1.10. The van der Waals surface area contributed by atoms with Crippen LogP contribution in [0.15, 0.2) is 17.5 Å². The minimum atomic E-state index is -0.181.